The minimum Gasteiger partial charge on any atom is -0.462 e. The second-order valence-corrected chi connectivity index (χ2v) is 7.66. The van der Waals surface area contributed by atoms with E-state index in [4.69, 9.17) is 9.47 Å². The third-order valence-electron chi connectivity index (χ3n) is 5.44. The van der Waals surface area contributed by atoms with Crippen LogP contribution in [0.1, 0.15) is 22.8 Å². The summed E-state index contributed by atoms with van der Waals surface area (Å²) in [5.41, 5.74) is 3.80. The Labute approximate surface area is 186 Å². The van der Waals surface area contributed by atoms with E-state index in [2.05, 4.69) is 26.4 Å². The molecule has 4 rings (SSSR count). The van der Waals surface area contributed by atoms with Gasteiger partial charge in [-0.2, -0.15) is 0 Å². The van der Waals surface area contributed by atoms with E-state index in [1.54, 1.807) is 13.1 Å². The lowest BCUT2D eigenvalue weighted by Gasteiger charge is -2.26. The van der Waals surface area contributed by atoms with Crippen LogP contribution in [0.5, 0.6) is 0 Å². The summed E-state index contributed by atoms with van der Waals surface area (Å²) in [6.07, 6.45) is 3.29. The predicted octanol–water partition coefficient (Wildman–Crippen LogP) is 2.80. The monoisotopic (exact) mass is 434 g/mol. The fourth-order valence-corrected chi connectivity index (χ4v) is 3.81. The van der Waals surface area contributed by atoms with E-state index in [-0.39, 0.29) is 18.8 Å². The molecule has 0 saturated carbocycles. The second kappa shape index (κ2) is 9.84. The number of benzene rings is 1. The molecule has 166 valence electrons. The number of ketones is 1. The van der Waals surface area contributed by atoms with Crippen LogP contribution < -0.4 is 0 Å². The van der Waals surface area contributed by atoms with Crippen LogP contribution in [0.4, 0.5) is 0 Å². The number of hydrogen-bond acceptors (Lipinski definition) is 7. The van der Waals surface area contributed by atoms with Gasteiger partial charge in [-0.25, -0.2) is 14.8 Å². The largest absolute Gasteiger partial charge is 0.462 e. The molecule has 3 aromatic rings. The number of carbonyl (C=O) groups excluding carboxylic acids is 2. The molecule has 2 aromatic heterocycles. The lowest BCUT2D eigenvalue weighted by Crippen LogP contribution is -2.38. The van der Waals surface area contributed by atoms with Crippen molar-refractivity contribution in [2.75, 3.05) is 39.5 Å². The standard InChI is InChI=1S/C24H26N4O4/c1-3-32-24(30)19-13-25-23-21(19)22(26-15-27-23)18-6-4-5-17(11-18)12-20(29)16(2)14-28-7-9-31-10-8-28/h4-6,11,13,15H,2-3,7-10,12,14H2,1H3,(H,25,26,27). The van der Waals surface area contributed by atoms with Crippen molar-refractivity contribution in [1.29, 1.82) is 0 Å². The maximum atomic E-state index is 12.8. The van der Waals surface area contributed by atoms with Gasteiger partial charge in [-0.05, 0) is 18.6 Å². The van der Waals surface area contributed by atoms with Gasteiger partial charge < -0.3 is 14.5 Å². The van der Waals surface area contributed by atoms with Crippen LogP contribution in [-0.2, 0) is 20.7 Å². The topological polar surface area (TPSA) is 97.4 Å². The van der Waals surface area contributed by atoms with Crippen molar-refractivity contribution in [3.05, 3.63) is 60.1 Å². The highest BCUT2D eigenvalue weighted by Crippen LogP contribution is 2.29. The summed E-state index contributed by atoms with van der Waals surface area (Å²) in [7, 11) is 0. The summed E-state index contributed by atoms with van der Waals surface area (Å²) >= 11 is 0. The summed E-state index contributed by atoms with van der Waals surface area (Å²) in [5, 5.41) is 0.603. The Morgan fingerprint density at radius 2 is 2.06 bits per heavy atom. The first-order valence-corrected chi connectivity index (χ1v) is 10.7. The molecule has 32 heavy (non-hydrogen) atoms. The lowest BCUT2D eigenvalue weighted by atomic mass is 9.99. The van der Waals surface area contributed by atoms with Crippen LogP contribution in [0.25, 0.3) is 22.3 Å². The van der Waals surface area contributed by atoms with Gasteiger partial charge in [-0.1, -0.05) is 24.8 Å². The van der Waals surface area contributed by atoms with E-state index < -0.39 is 5.97 Å². The number of nitrogens with one attached hydrogen (secondary N) is 1. The number of H-pyrrole nitrogens is 1. The van der Waals surface area contributed by atoms with Crippen LogP contribution in [0, 0.1) is 0 Å². The molecule has 1 N–H and O–H groups in total. The fraction of sp³-hybridized carbons (Fsp3) is 0.333. The van der Waals surface area contributed by atoms with Crippen molar-refractivity contribution in [2.45, 2.75) is 13.3 Å². The van der Waals surface area contributed by atoms with Gasteiger partial charge in [-0.15, -0.1) is 0 Å². The molecule has 1 aromatic carbocycles. The van der Waals surface area contributed by atoms with Crippen LogP contribution >= 0.6 is 0 Å². The minimum absolute atomic E-state index is 0.00957. The predicted molar refractivity (Wildman–Crippen MR) is 120 cm³/mol. The summed E-state index contributed by atoms with van der Waals surface area (Å²) < 4.78 is 10.5. The lowest BCUT2D eigenvalue weighted by molar-refractivity contribution is -0.115. The summed E-state index contributed by atoms with van der Waals surface area (Å²) in [6.45, 7) is 9.59. The zero-order valence-corrected chi connectivity index (χ0v) is 18.1. The van der Waals surface area contributed by atoms with Crippen LogP contribution in [0.3, 0.4) is 0 Å². The van der Waals surface area contributed by atoms with E-state index in [0.717, 1.165) is 24.2 Å². The van der Waals surface area contributed by atoms with Gasteiger partial charge in [0.25, 0.3) is 0 Å². The van der Waals surface area contributed by atoms with Crippen molar-refractivity contribution in [3.8, 4) is 11.3 Å². The molecular formula is C24H26N4O4. The van der Waals surface area contributed by atoms with Gasteiger partial charge in [-0.3, -0.25) is 9.69 Å². The first-order chi connectivity index (χ1) is 15.6. The number of nitrogens with zero attached hydrogens (tertiary/aromatic N) is 3. The third-order valence-corrected chi connectivity index (χ3v) is 5.44. The van der Waals surface area contributed by atoms with Crippen molar-refractivity contribution < 1.29 is 19.1 Å². The smallest absolute Gasteiger partial charge is 0.340 e. The number of esters is 1. The number of fused-ring (bicyclic) bond motifs is 1. The Morgan fingerprint density at radius 3 is 2.84 bits per heavy atom. The van der Waals surface area contributed by atoms with Gasteiger partial charge >= 0.3 is 5.97 Å². The molecule has 1 aliphatic rings. The molecule has 0 amide bonds. The SMILES string of the molecule is C=C(CN1CCOCC1)C(=O)Cc1cccc(-c2ncnc3[nH]cc(C(=O)OCC)c23)c1. The number of rotatable bonds is 8. The summed E-state index contributed by atoms with van der Waals surface area (Å²) in [4.78, 5) is 39.0. The highest BCUT2D eigenvalue weighted by atomic mass is 16.5. The Kier molecular flexibility index (Phi) is 6.72. The van der Waals surface area contributed by atoms with Crippen molar-refractivity contribution in [3.63, 3.8) is 0 Å². The Morgan fingerprint density at radius 1 is 1.25 bits per heavy atom. The Bertz CT molecular complexity index is 1150. The van der Waals surface area contributed by atoms with Crippen molar-refractivity contribution >= 4 is 22.8 Å². The number of Topliss-reactive ketones (excluding diaryl/α,β-unsaturated/α-hetero) is 1. The van der Waals surface area contributed by atoms with E-state index in [0.29, 0.717) is 47.6 Å². The number of aromatic amines is 1. The van der Waals surface area contributed by atoms with Crippen molar-refractivity contribution in [2.24, 2.45) is 0 Å². The van der Waals surface area contributed by atoms with Gasteiger partial charge in [0, 0.05) is 43.4 Å². The molecule has 0 atom stereocenters. The highest BCUT2D eigenvalue weighted by Gasteiger charge is 2.20. The second-order valence-electron chi connectivity index (χ2n) is 7.66. The number of hydrogen-bond donors (Lipinski definition) is 1. The zero-order chi connectivity index (χ0) is 22.5. The van der Waals surface area contributed by atoms with E-state index in [9.17, 15) is 9.59 Å². The fourth-order valence-electron chi connectivity index (χ4n) is 3.81. The average molecular weight is 434 g/mol. The van der Waals surface area contributed by atoms with Gasteiger partial charge in [0.05, 0.1) is 36.5 Å². The van der Waals surface area contributed by atoms with Crippen molar-refractivity contribution in [1.82, 2.24) is 19.9 Å². The molecule has 0 aliphatic carbocycles. The quantitative estimate of drug-likeness (QED) is 0.430. The maximum absolute atomic E-state index is 12.8. The number of aromatic nitrogens is 3. The molecular weight excluding hydrogens is 408 g/mol. The maximum Gasteiger partial charge on any atom is 0.340 e. The normalized spacial score (nSPS) is 14.4. The molecule has 1 fully saturated rings. The van der Waals surface area contributed by atoms with E-state index in [1.807, 2.05) is 24.3 Å². The van der Waals surface area contributed by atoms with E-state index >= 15 is 0 Å². The van der Waals surface area contributed by atoms with E-state index in [1.165, 1.54) is 6.33 Å². The van der Waals surface area contributed by atoms with Crippen LogP contribution in [0.15, 0.2) is 48.9 Å². The van der Waals surface area contributed by atoms with Gasteiger partial charge in [0.15, 0.2) is 5.78 Å². The molecule has 1 aliphatic heterocycles. The molecule has 0 radical (unpaired) electrons. The first kappa shape index (κ1) is 21.9. The van der Waals surface area contributed by atoms with Gasteiger partial charge in [0.2, 0.25) is 0 Å². The number of ether oxygens (including phenoxy) is 2. The summed E-state index contributed by atoms with van der Waals surface area (Å²) in [5.74, 6) is -0.420. The van der Waals surface area contributed by atoms with Crippen LogP contribution in [0.2, 0.25) is 0 Å². The molecule has 8 heteroatoms. The number of morpholine rings is 1. The Hall–Kier alpha value is -3.36. The molecule has 1 saturated heterocycles. The highest BCUT2D eigenvalue weighted by molar-refractivity contribution is 6.08. The first-order valence-electron chi connectivity index (χ1n) is 10.7. The Balaban J connectivity index is 1.56. The molecule has 3 heterocycles. The molecule has 0 spiro atoms. The molecule has 0 bridgehead atoms. The third kappa shape index (κ3) is 4.76. The molecule has 0 unspecified atom stereocenters. The zero-order valence-electron chi connectivity index (χ0n) is 18.1. The van der Waals surface area contributed by atoms with Crippen LogP contribution in [-0.4, -0.2) is 71.1 Å². The number of carbonyl (C=O) groups is 2. The van der Waals surface area contributed by atoms with Gasteiger partial charge in [0.1, 0.15) is 12.0 Å². The molecule has 8 nitrogen and oxygen atoms in total. The summed E-state index contributed by atoms with van der Waals surface area (Å²) in [6, 6.07) is 7.61. The average Bonchev–Trinajstić information content (AvgIpc) is 3.24. The minimum atomic E-state index is -0.430.